The molecule has 0 aromatic heterocycles. The molecule has 0 aliphatic carbocycles. The molecule has 1 atom stereocenters. The highest BCUT2D eigenvalue weighted by Crippen LogP contribution is 2.25. The van der Waals surface area contributed by atoms with E-state index in [0.717, 1.165) is 11.3 Å². The summed E-state index contributed by atoms with van der Waals surface area (Å²) >= 11 is 1.46. The molecule has 1 N–H and O–H groups in total. The largest absolute Gasteiger partial charge is 0.480 e. The quantitative estimate of drug-likeness (QED) is 0.900. The number of aliphatic carboxylic acids is 1. The second kappa shape index (κ2) is 5.52. The van der Waals surface area contributed by atoms with Crippen LogP contribution in [0.15, 0.2) is 24.3 Å². The standard InChI is InChI=1S/C13H16N2O3S/c1-9-5-3-4-6-10(9)14(2)13(18)15-8-19-7-11(15)12(16)17/h3-6,11H,7-8H2,1-2H3,(H,16,17). The van der Waals surface area contributed by atoms with Gasteiger partial charge in [0.25, 0.3) is 0 Å². The lowest BCUT2D eigenvalue weighted by Crippen LogP contribution is -2.47. The molecule has 5 nitrogen and oxygen atoms in total. The van der Waals surface area contributed by atoms with Crippen LogP contribution >= 0.6 is 11.8 Å². The smallest absolute Gasteiger partial charge is 0.327 e. The summed E-state index contributed by atoms with van der Waals surface area (Å²) in [6, 6.07) is 6.54. The number of rotatable bonds is 2. The minimum absolute atomic E-state index is 0.272. The Balaban J connectivity index is 2.20. The molecule has 1 fully saturated rings. The number of amides is 2. The maximum absolute atomic E-state index is 12.4. The molecule has 1 aliphatic heterocycles. The van der Waals surface area contributed by atoms with Crippen molar-refractivity contribution in [2.75, 3.05) is 23.6 Å². The van der Waals surface area contributed by atoms with Crippen LogP contribution in [0.25, 0.3) is 0 Å². The number of benzene rings is 1. The Hall–Kier alpha value is -1.69. The molecule has 0 saturated carbocycles. The van der Waals surface area contributed by atoms with Crippen molar-refractivity contribution in [2.24, 2.45) is 0 Å². The Labute approximate surface area is 116 Å². The predicted octanol–water partition coefficient (Wildman–Crippen LogP) is 2.01. The number of carboxylic acid groups (broad SMARTS) is 1. The zero-order valence-electron chi connectivity index (χ0n) is 10.9. The second-order valence-corrected chi connectivity index (χ2v) is 5.45. The molecule has 1 unspecified atom stereocenters. The number of para-hydroxylation sites is 1. The third-order valence-electron chi connectivity index (χ3n) is 3.18. The molecule has 0 radical (unpaired) electrons. The zero-order chi connectivity index (χ0) is 14.0. The maximum Gasteiger partial charge on any atom is 0.327 e. The highest BCUT2D eigenvalue weighted by atomic mass is 32.2. The fourth-order valence-electron chi connectivity index (χ4n) is 2.07. The fraction of sp³-hybridized carbons (Fsp3) is 0.385. The van der Waals surface area contributed by atoms with E-state index < -0.39 is 12.0 Å². The molecular formula is C13H16N2O3S. The van der Waals surface area contributed by atoms with Crippen LogP contribution in [0, 0.1) is 6.92 Å². The summed E-state index contributed by atoms with van der Waals surface area (Å²) in [5.74, 6) is -0.0779. The van der Waals surface area contributed by atoms with Crippen LogP contribution in [0.4, 0.5) is 10.5 Å². The topological polar surface area (TPSA) is 60.9 Å². The van der Waals surface area contributed by atoms with Gasteiger partial charge in [0, 0.05) is 18.5 Å². The van der Waals surface area contributed by atoms with Crippen molar-refractivity contribution in [1.29, 1.82) is 0 Å². The molecule has 2 amide bonds. The van der Waals surface area contributed by atoms with Crippen LogP contribution in [-0.2, 0) is 4.79 Å². The van der Waals surface area contributed by atoms with Crippen LogP contribution in [0.2, 0.25) is 0 Å². The molecule has 1 aromatic carbocycles. The van der Waals surface area contributed by atoms with E-state index in [2.05, 4.69) is 0 Å². The van der Waals surface area contributed by atoms with Crippen LogP contribution in [0.5, 0.6) is 0 Å². The minimum atomic E-state index is -0.948. The van der Waals surface area contributed by atoms with Crippen molar-refractivity contribution in [3.05, 3.63) is 29.8 Å². The van der Waals surface area contributed by atoms with Gasteiger partial charge in [-0.15, -0.1) is 11.8 Å². The predicted molar refractivity (Wildman–Crippen MR) is 75.6 cm³/mol. The number of thioether (sulfide) groups is 1. The minimum Gasteiger partial charge on any atom is -0.480 e. The van der Waals surface area contributed by atoms with Gasteiger partial charge in [0.15, 0.2) is 0 Å². The van der Waals surface area contributed by atoms with E-state index in [-0.39, 0.29) is 6.03 Å². The molecule has 0 bridgehead atoms. The number of urea groups is 1. The molecule has 0 spiro atoms. The van der Waals surface area contributed by atoms with Crippen LogP contribution in [-0.4, -0.2) is 46.7 Å². The van der Waals surface area contributed by atoms with Crippen LogP contribution in [0.1, 0.15) is 5.56 Å². The van der Waals surface area contributed by atoms with Crippen molar-refractivity contribution >= 4 is 29.4 Å². The summed E-state index contributed by atoms with van der Waals surface area (Å²) in [5.41, 5.74) is 1.78. The first-order valence-corrected chi connectivity index (χ1v) is 7.08. The van der Waals surface area contributed by atoms with E-state index in [9.17, 15) is 9.59 Å². The van der Waals surface area contributed by atoms with E-state index in [1.165, 1.54) is 21.6 Å². The second-order valence-electron chi connectivity index (χ2n) is 4.45. The third kappa shape index (κ3) is 2.68. The summed E-state index contributed by atoms with van der Waals surface area (Å²) in [4.78, 5) is 26.4. The summed E-state index contributed by atoms with van der Waals surface area (Å²) in [5, 5.41) is 9.11. The number of carbonyl (C=O) groups excluding carboxylic acids is 1. The number of aryl methyl sites for hydroxylation is 1. The van der Waals surface area contributed by atoms with Crippen molar-refractivity contribution < 1.29 is 14.7 Å². The van der Waals surface area contributed by atoms with Gasteiger partial charge in [-0.05, 0) is 18.6 Å². The molecule has 1 aliphatic rings. The monoisotopic (exact) mass is 280 g/mol. The highest BCUT2D eigenvalue weighted by Gasteiger charge is 2.36. The van der Waals surface area contributed by atoms with Gasteiger partial charge in [-0.25, -0.2) is 9.59 Å². The van der Waals surface area contributed by atoms with Crippen molar-refractivity contribution in [3.63, 3.8) is 0 Å². The van der Waals surface area contributed by atoms with Gasteiger partial charge >= 0.3 is 12.0 Å². The molecule has 1 aromatic rings. The van der Waals surface area contributed by atoms with Crippen molar-refractivity contribution in [1.82, 2.24) is 4.90 Å². The molecule has 1 heterocycles. The number of carboxylic acids is 1. The summed E-state index contributed by atoms with van der Waals surface area (Å²) in [7, 11) is 1.67. The van der Waals surface area contributed by atoms with Gasteiger partial charge in [0.1, 0.15) is 6.04 Å². The lowest BCUT2D eigenvalue weighted by atomic mass is 10.2. The normalized spacial score (nSPS) is 18.4. The Morgan fingerprint density at radius 3 is 2.74 bits per heavy atom. The van der Waals surface area contributed by atoms with Gasteiger partial charge in [-0.2, -0.15) is 0 Å². The van der Waals surface area contributed by atoms with E-state index >= 15 is 0 Å². The number of hydrogen-bond acceptors (Lipinski definition) is 3. The van der Waals surface area contributed by atoms with E-state index in [1.807, 2.05) is 31.2 Å². The zero-order valence-corrected chi connectivity index (χ0v) is 11.7. The van der Waals surface area contributed by atoms with Gasteiger partial charge in [0.2, 0.25) is 0 Å². The Kier molecular flexibility index (Phi) is 3.99. The van der Waals surface area contributed by atoms with E-state index in [0.29, 0.717) is 11.6 Å². The lowest BCUT2D eigenvalue weighted by Gasteiger charge is -2.27. The SMILES string of the molecule is Cc1ccccc1N(C)C(=O)N1CSCC1C(=O)O. The van der Waals surface area contributed by atoms with Gasteiger partial charge in [-0.3, -0.25) is 4.90 Å². The highest BCUT2D eigenvalue weighted by molar-refractivity contribution is 7.99. The molecular weight excluding hydrogens is 264 g/mol. The first-order valence-electron chi connectivity index (χ1n) is 5.93. The molecule has 19 heavy (non-hydrogen) atoms. The number of nitrogens with zero attached hydrogens (tertiary/aromatic N) is 2. The summed E-state index contributed by atoms with van der Waals surface area (Å²) in [6.45, 7) is 1.92. The average Bonchev–Trinajstić information content (AvgIpc) is 2.87. The fourth-order valence-corrected chi connectivity index (χ4v) is 3.21. The molecule has 6 heteroatoms. The maximum atomic E-state index is 12.4. The molecule has 2 rings (SSSR count). The Morgan fingerprint density at radius 1 is 1.42 bits per heavy atom. The third-order valence-corrected chi connectivity index (χ3v) is 4.19. The van der Waals surface area contributed by atoms with E-state index in [4.69, 9.17) is 5.11 Å². The van der Waals surface area contributed by atoms with Crippen LogP contribution in [0.3, 0.4) is 0 Å². The van der Waals surface area contributed by atoms with Gasteiger partial charge in [-0.1, -0.05) is 18.2 Å². The Morgan fingerprint density at radius 2 is 2.11 bits per heavy atom. The van der Waals surface area contributed by atoms with Crippen LogP contribution < -0.4 is 4.90 Å². The van der Waals surface area contributed by atoms with E-state index in [1.54, 1.807) is 7.05 Å². The number of hydrogen-bond donors (Lipinski definition) is 1. The summed E-state index contributed by atoms with van der Waals surface area (Å²) < 4.78 is 0. The van der Waals surface area contributed by atoms with Gasteiger partial charge in [0.05, 0.1) is 5.88 Å². The lowest BCUT2D eigenvalue weighted by molar-refractivity contribution is -0.140. The summed E-state index contributed by atoms with van der Waals surface area (Å²) in [6.07, 6.45) is 0. The van der Waals surface area contributed by atoms with Crippen molar-refractivity contribution in [2.45, 2.75) is 13.0 Å². The number of anilines is 1. The molecule has 102 valence electrons. The first-order chi connectivity index (χ1) is 9.02. The first kappa shape index (κ1) is 13.7. The Bertz CT molecular complexity index is 506. The average molecular weight is 280 g/mol. The molecule has 1 saturated heterocycles. The van der Waals surface area contributed by atoms with Crippen molar-refractivity contribution in [3.8, 4) is 0 Å². The number of carbonyl (C=O) groups is 2. The van der Waals surface area contributed by atoms with Gasteiger partial charge < -0.3 is 10.0 Å².